The van der Waals surface area contributed by atoms with Crippen molar-refractivity contribution in [3.8, 4) is 6.07 Å². The van der Waals surface area contributed by atoms with Gasteiger partial charge in [0.1, 0.15) is 23.7 Å². The molecule has 8 heteroatoms. The van der Waals surface area contributed by atoms with Crippen LogP contribution in [-0.2, 0) is 0 Å². The Labute approximate surface area is 169 Å². The SMILES string of the molecule is CCN1/C(=C(\C#N)c2nc(NC(O)C3C=CCN3)ncc2C)Nc2ccccc21. The topological polar surface area (TPSA) is 109 Å². The Hall–Kier alpha value is -3.41. The summed E-state index contributed by atoms with van der Waals surface area (Å²) in [6.45, 7) is 5.33. The van der Waals surface area contributed by atoms with Gasteiger partial charge in [-0.25, -0.2) is 9.97 Å². The molecule has 2 aliphatic rings. The fourth-order valence-corrected chi connectivity index (χ4v) is 3.56. The van der Waals surface area contributed by atoms with E-state index in [4.69, 9.17) is 0 Å². The zero-order valence-corrected chi connectivity index (χ0v) is 16.3. The minimum Gasteiger partial charge on any atom is -0.372 e. The highest BCUT2D eigenvalue weighted by atomic mass is 16.3. The molecule has 2 aromatic rings. The third kappa shape index (κ3) is 3.53. The van der Waals surface area contributed by atoms with E-state index in [9.17, 15) is 10.4 Å². The van der Waals surface area contributed by atoms with E-state index in [1.54, 1.807) is 6.20 Å². The number of nitriles is 1. The maximum Gasteiger partial charge on any atom is 0.225 e. The van der Waals surface area contributed by atoms with Gasteiger partial charge < -0.3 is 26.0 Å². The minimum absolute atomic E-state index is 0.210. The first-order chi connectivity index (χ1) is 14.1. The first-order valence-electron chi connectivity index (χ1n) is 9.59. The van der Waals surface area contributed by atoms with Gasteiger partial charge in [-0.2, -0.15) is 5.26 Å². The molecule has 0 saturated carbocycles. The van der Waals surface area contributed by atoms with Gasteiger partial charge in [-0.05, 0) is 31.5 Å². The number of benzene rings is 1. The van der Waals surface area contributed by atoms with Crippen molar-refractivity contribution in [2.45, 2.75) is 26.1 Å². The summed E-state index contributed by atoms with van der Waals surface area (Å²) in [7, 11) is 0. The number of fused-ring (bicyclic) bond motifs is 1. The standard InChI is InChI=1S/C21H23N7O/c1-3-28-17-9-5-4-7-15(17)25-19(28)14(11-22)18-13(2)12-24-21(26-18)27-20(29)16-8-6-10-23-16/h4-9,12,16,20,23,25,29H,3,10H2,1-2H3,(H,24,26,27)/b19-14+. The summed E-state index contributed by atoms with van der Waals surface area (Å²) in [6, 6.07) is 10.0. The molecular formula is C21H23N7O. The summed E-state index contributed by atoms with van der Waals surface area (Å²) in [4.78, 5) is 10.9. The van der Waals surface area contributed by atoms with Gasteiger partial charge in [-0.15, -0.1) is 0 Å². The van der Waals surface area contributed by atoms with Crippen LogP contribution in [-0.4, -0.2) is 40.4 Å². The number of rotatable bonds is 5. The monoisotopic (exact) mass is 389 g/mol. The number of nitrogens with zero attached hydrogens (tertiary/aromatic N) is 4. The van der Waals surface area contributed by atoms with E-state index in [1.807, 2.05) is 50.3 Å². The molecule has 148 valence electrons. The maximum atomic E-state index is 10.4. The molecule has 1 aromatic heterocycles. The minimum atomic E-state index is -0.872. The number of hydrogen-bond donors (Lipinski definition) is 4. The van der Waals surface area contributed by atoms with Crippen molar-refractivity contribution in [1.82, 2.24) is 15.3 Å². The number of nitrogens with one attached hydrogen (secondary N) is 3. The van der Waals surface area contributed by atoms with Gasteiger partial charge in [-0.3, -0.25) is 0 Å². The van der Waals surface area contributed by atoms with Crippen molar-refractivity contribution in [2.24, 2.45) is 0 Å². The molecule has 2 aliphatic heterocycles. The van der Waals surface area contributed by atoms with Crippen LogP contribution in [0.2, 0.25) is 0 Å². The predicted octanol–water partition coefficient (Wildman–Crippen LogP) is 2.19. The van der Waals surface area contributed by atoms with Gasteiger partial charge in [-0.1, -0.05) is 24.3 Å². The Bertz CT molecular complexity index is 1020. The number of aliphatic hydroxyl groups is 1. The quantitative estimate of drug-likeness (QED) is 0.350. The van der Waals surface area contributed by atoms with Gasteiger partial charge in [0, 0.05) is 19.3 Å². The second kappa shape index (κ2) is 7.91. The van der Waals surface area contributed by atoms with Crippen LogP contribution in [0.4, 0.5) is 17.3 Å². The smallest absolute Gasteiger partial charge is 0.225 e. The lowest BCUT2D eigenvalue weighted by atomic mass is 10.1. The average Bonchev–Trinajstić information content (AvgIpc) is 3.38. The van der Waals surface area contributed by atoms with Crippen molar-refractivity contribution in [3.05, 3.63) is 59.7 Å². The van der Waals surface area contributed by atoms with Crippen molar-refractivity contribution in [3.63, 3.8) is 0 Å². The molecular weight excluding hydrogens is 366 g/mol. The summed E-state index contributed by atoms with van der Waals surface area (Å²) in [5.74, 6) is 0.969. The molecule has 0 saturated heterocycles. The normalized spacial score (nSPS) is 20.1. The summed E-state index contributed by atoms with van der Waals surface area (Å²) < 4.78 is 0. The van der Waals surface area contributed by atoms with E-state index in [-0.39, 0.29) is 12.0 Å². The molecule has 1 aromatic carbocycles. The molecule has 2 atom stereocenters. The van der Waals surface area contributed by atoms with Gasteiger partial charge >= 0.3 is 0 Å². The van der Waals surface area contributed by atoms with E-state index >= 15 is 0 Å². The van der Waals surface area contributed by atoms with Crippen molar-refractivity contribution >= 4 is 22.9 Å². The molecule has 0 bridgehead atoms. The molecule has 0 aliphatic carbocycles. The number of aliphatic hydroxyl groups excluding tert-OH is 1. The van der Waals surface area contributed by atoms with E-state index in [0.717, 1.165) is 16.9 Å². The lowest BCUT2D eigenvalue weighted by molar-refractivity contribution is 0.177. The largest absolute Gasteiger partial charge is 0.372 e. The molecule has 8 nitrogen and oxygen atoms in total. The molecule has 0 spiro atoms. The number of hydrogen-bond acceptors (Lipinski definition) is 8. The van der Waals surface area contributed by atoms with E-state index in [2.05, 4.69) is 36.9 Å². The van der Waals surface area contributed by atoms with Crippen LogP contribution < -0.4 is 20.9 Å². The highest BCUT2D eigenvalue weighted by molar-refractivity contribution is 5.91. The molecule has 2 unspecified atom stereocenters. The molecule has 29 heavy (non-hydrogen) atoms. The van der Waals surface area contributed by atoms with E-state index < -0.39 is 6.23 Å². The van der Waals surface area contributed by atoms with Crippen molar-refractivity contribution in [1.29, 1.82) is 5.26 Å². The Balaban J connectivity index is 1.70. The van der Waals surface area contributed by atoms with Crippen LogP contribution in [0.5, 0.6) is 0 Å². The second-order valence-corrected chi connectivity index (χ2v) is 6.90. The van der Waals surface area contributed by atoms with Crippen LogP contribution in [0.15, 0.2) is 48.4 Å². The third-order valence-electron chi connectivity index (χ3n) is 5.02. The molecule has 4 N–H and O–H groups in total. The zero-order valence-electron chi connectivity index (χ0n) is 16.3. The lowest BCUT2D eigenvalue weighted by Crippen LogP contribution is -2.40. The number of aryl methyl sites for hydroxylation is 1. The fourth-order valence-electron chi connectivity index (χ4n) is 3.56. The third-order valence-corrected chi connectivity index (χ3v) is 5.02. The Morgan fingerprint density at radius 2 is 2.28 bits per heavy atom. The molecule has 0 amide bonds. The fraction of sp³-hybridized carbons (Fsp3) is 0.286. The number of allylic oxidation sites excluding steroid dienone is 1. The first-order valence-corrected chi connectivity index (χ1v) is 9.59. The average molecular weight is 389 g/mol. The summed E-state index contributed by atoms with van der Waals surface area (Å²) in [5.41, 5.74) is 3.72. The summed E-state index contributed by atoms with van der Waals surface area (Å²) in [6.07, 6.45) is 4.64. The molecule has 0 fully saturated rings. The van der Waals surface area contributed by atoms with Crippen molar-refractivity contribution < 1.29 is 5.11 Å². The Kier molecular flexibility index (Phi) is 5.16. The molecule has 0 radical (unpaired) electrons. The summed E-state index contributed by atoms with van der Waals surface area (Å²) in [5, 5.41) is 29.8. The Morgan fingerprint density at radius 3 is 3.00 bits per heavy atom. The molecule has 3 heterocycles. The lowest BCUT2D eigenvalue weighted by Gasteiger charge is -2.21. The number of anilines is 3. The van der Waals surface area contributed by atoms with Crippen LogP contribution in [0, 0.1) is 18.3 Å². The van der Waals surface area contributed by atoms with Crippen LogP contribution >= 0.6 is 0 Å². The Morgan fingerprint density at radius 1 is 1.45 bits per heavy atom. The number of para-hydroxylation sites is 2. The van der Waals surface area contributed by atoms with Crippen LogP contribution in [0.1, 0.15) is 18.2 Å². The van der Waals surface area contributed by atoms with Crippen molar-refractivity contribution in [2.75, 3.05) is 28.6 Å². The highest BCUT2D eigenvalue weighted by Crippen LogP contribution is 2.38. The number of aromatic nitrogens is 2. The second-order valence-electron chi connectivity index (χ2n) is 6.90. The molecule has 4 rings (SSSR count). The van der Waals surface area contributed by atoms with E-state index in [0.29, 0.717) is 30.2 Å². The van der Waals surface area contributed by atoms with Gasteiger partial charge in [0.05, 0.1) is 23.1 Å². The van der Waals surface area contributed by atoms with Gasteiger partial charge in [0.25, 0.3) is 0 Å². The van der Waals surface area contributed by atoms with Gasteiger partial charge in [0.2, 0.25) is 5.95 Å². The zero-order chi connectivity index (χ0) is 20.4. The predicted molar refractivity (Wildman–Crippen MR) is 113 cm³/mol. The first kappa shape index (κ1) is 18.9. The van der Waals surface area contributed by atoms with E-state index in [1.165, 1.54) is 0 Å². The van der Waals surface area contributed by atoms with Gasteiger partial charge in [0.15, 0.2) is 0 Å². The van der Waals surface area contributed by atoms with Crippen LogP contribution in [0.3, 0.4) is 0 Å². The van der Waals surface area contributed by atoms with Crippen LogP contribution in [0.25, 0.3) is 5.57 Å². The maximum absolute atomic E-state index is 10.4. The highest BCUT2D eigenvalue weighted by Gasteiger charge is 2.27. The summed E-state index contributed by atoms with van der Waals surface area (Å²) >= 11 is 0.